The number of hydrogen-bond acceptors (Lipinski definition) is 4. The van der Waals surface area contributed by atoms with Gasteiger partial charge in [0, 0.05) is 0 Å². The molecule has 1 unspecified atom stereocenters. The first-order chi connectivity index (χ1) is 4.48. The van der Waals surface area contributed by atoms with Crippen molar-refractivity contribution in [3.05, 3.63) is 0 Å². The highest BCUT2D eigenvalue weighted by atomic mass is 32.2. The Hall–Kier alpha value is -0.120. The highest BCUT2D eigenvalue weighted by molar-refractivity contribution is 7.92. The van der Waals surface area contributed by atoms with E-state index in [0.29, 0.717) is 0 Å². The van der Waals surface area contributed by atoms with Gasteiger partial charge in [-0.3, -0.25) is 8.75 Å². The van der Waals surface area contributed by atoms with Crippen molar-refractivity contribution in [2.75, 3.05) is 12.1 Å². The molecule has 0 aliphatic heterocycles. The lowest BCUT2D eigenvalue weighted by molar-refractivity contribution is 0.341. The van der Waals surface area contributed by atoms with Gasteiger partial charge in [0.1, 0.15) is 12.9 Å². The lowest BCUT2D eigenvalue weighted by Crippen LogP contribution is -2.06. The second-order valence-electron chi connectivity index (χ2n) is 1.58. The fourth-order valence-electron chi connectivity index (χ4n) is 0.393. The summed E-state index contributed by atoms with van der Waals surface area (Å²) >= 11 is 0. The summed E-state index contributed by atoms with van der Waals surface area (Å²) in [5, 5.41) is 0. The summed E-state index contributed by atoms with van der Waals surface area (Å²) in [5.41, 5.74) is -0.490. The molecule has 0 aromatic rings. The monoisotopic (exact) mass is 184 g/mol. The molecule has 10 heavy (non-hydrogen) atoms. The standard InChI is InChI=1S/C4H9O4PS/c1-3-8-10(6,7)4-9(2)5/h2-4H2,1H3. The Morgan fingerprint density at radius 1 is 1.60 bits per heavy atom. The van der Waals surface area contributed by atoms with E-state index in [4.69, 9.17) is 0 Å². The van der Waals surface area contributed by atoms with Crippen LogP contribution in [0, 0.1) is 0 Å². The Morgan fingerprint density at radius 2 is 2.10 bits per heavy atom. The molecule has 0 aromatic heterocycles. The zero-order valence-corrected chi connectivity index (χ0v) is 7.32. The molecular weight excluding hydrogens is 175 g/mol. The second-order valence-corrected chi connectivity index (χ2v) is 4.92. The third-order valence-corrected chi connectivity index (χ3v) is 3.61. The van der Waals surface area contributed by atoms with Crippen molar-refractivity contribution in [3.8, 4) is 0 Å². The van der Waals surface area contributed by atoms with E-state index in [-0.39, 0.29) is 6.61 Å². The minimum atomic E-state index is -3.58. The van der Waals surface area contributed by atoms with Crippen molar-refractivity contribution >= 4 is 23.8 Å². The van der Waals surface area contributed by atoms with Gasteiger partial charge in [-0.1, -0.05) is 0 Å². The van der Waals surface area contributed by atoms with Crippen molar-refractivity contribution < 1.29 is 17.2 Å². The van der Waals surface area contributed by atoms with Crippen LogP contribution in [0.25, 0.3) is 0 Å². The predicted octanol–water partition coefficient (Wildman–Crippen LogP) is 0.570. The van der Waals surface area contributed by atoms with Gasteiger partial charge in [-0.05, 0) is 13.2 Å². The van der Waals surface area contributed by atoms with Crippen LogP contribution in [-0.2, 0) is 18.9 Å². The first-order valence-electron chi connectivity index (χ1n) is 2.60. The van der Waals surface area contributed by atoms with E-state index < -0.39 is 23.0 Å². The Kier molecular flexibility index (Phi) is 3.86. The average molecular weight is 184 g/mol. The van der Waals surface area contributed by atoms with Gasteiger partial charge in [0.15, 0.2) is 0 Å². The molecule has 0 radical (unpaired) electrons. The molecule has 0 saturated carbocycles. The van der Waals surface area contributed by atoms with Crippen LogP contribution in [0.15, 0.2) is 0 Å². The van der Waals surface area contributed by atoms with E-state index in [0.717, 1.165) is 0 Å². The van der Waals surface area contributed by atoms with Crippen molar-refractivity contribution in [1.29, 1.82) is 0 Å². The Morgan fingerprint density at radius 3 is 2.40 bits per heavy atom. The van der Waals surface area contributed by atoms with Crippen LogP contribution >= 0.6 is 7.42 Å². The van der Waals surface area contributed by atoms with E-state index in [1.54, 1.807) is 6.92 Å². The number of rotatable bonds is 4. The first-order valence-corrected chi connectivity index (χ1v) is 5.81. The molecule has 0 amide bonds. The summed E-state index contributed by atoms with van der Waals surface area (Å²) in [4.78, 5) is 0. The third-order valence-electron chi connectivity index (χ3n) is 0.600. The molecular formula is C4H9O4PS. The van der Waals surface area contributed by atoms with Crippen molar-refractivity contribution in [3.63, 3.8) is 0 Å². The van der Waals surface area contributed by atoms with Gasteiger partial charge in [0.25, 0.3) is 10.1 Å². The SMILES string of the molecule is C=P(=O)CS(=O)(=O)OCC. The molecule has 0 saturated heterocycles. The van der Waals surface area contributed by atoms with Crippen molar-refractivity contribution in [2.45, 2.75) is 6.92 Å². The summed E-state index contributed by atoms with van der Waals surface area (Å²) in [6, 6.07) is 0. The summed E-state index contributed by atoms with van der Waals surface area (Å²) in [6.45, 7) is 1.62. The Bertz CT molecular complexity index is 242. The predicted molar refractivity (Wildman–Crippen MR) is 40.1 cm³/mol. The molecule has 6 heteroatoms. The molecule has 0 fully saturated rings. The summed E-state index contributed by atoms with van der Waals surface area (Å²) in [7, 11) is -5.49. The molecule has 0 heterocycles. The van der Waals surface area contributed by atoms with E-state index in [1.165, 1.54) is 0 Å². The summed E-state index contributed by atoms with van der Waals surface area (Å²) < 4.78 is 35.8. The number of hydrogen-bond donors (Lipinski definition) is 0. The fraction of sp³-hybridized carbons (Fsp3) is 0.750. The summed E-state index contributed by atoms with van der Waals surface area (Å²) in [5.74, 6) is 0. The maximum Gasteiger partial charge on any atom is 0.278 e. The molecule has 0 aliphatic carbocycles. The van der Waals surface area contributed by atoms with Gasteiger partial charge < -0.3 is 0 Å². The van der Waals surface area contributed by atoms with E-state index in [9.17, 15) is 13.0 Å². The molecule has 0 aromatic carbocycles. The quantitative estimate of drug-likeness (QED) is 0.473. The fourth-order valence-corrected chi connectivity index (χ4v) is 2.46. The highest BCUT2D eigenvalue weighted by Gasteiger charge is 2.09. The summed E-state index contributed by atoms with van der Waals surface area (Å²) in [6.07, 6.45) is 3.06. The molecule has 1 atom stereocenters. The van der Waals surface area contributed by atoms with Crippen LogP contribution < -0.4 is 0 Å². The van der Waals surface area contributed by atoms with Crippen LogP contribution in [0.4, 0.5) is 0 Å². The van der Waals surface area contributed by atoms with E-state index in [2.05, 4.69) is 10.5 Å². The van der Waals surface area contributed by atoms with E-state index >= 15 is 0 Å². The van der Waals surface area contributed by atoms with Gasteiger partial charge >= 0.3 is 0 Å². The maximum absolute atomic E-state index is 10.6. The minimum Gasteiger partial charge on any atom is -0.282 e. The van der Waals surface area contributed by atoms with Crippen LogP contribution in [-0.4, -0.2) is 26.8 Å². The second kappa shape index (κ2) is 3.91. The van der Waals surface area contributed by atoms with Crippen LogP contribution in [0.5, 0.6) is 0 Å². The van der Waals surface area contributed by atoms with Crippen LogP contribution in [0.3, 0.4) is 0 Å². The van der Waals surface area contributed by atoms with Crippen molar-refractivity contribution in [1.82, 2.24) is 0 Å². The maximum atomic E-state index is 10.6. The third kappa shape index (κ3) is 4.73. The average Bonchev–Trinajstić information content (AvgIpc) is 1.59. The molecule has 0 N–H and O–H groups in total. The topological polar surface area (TPSA) is 60.4 Å². The molecule has 60 valence electrons. The van der Waals surface area contributed by atoms with Crippen LogP contribution in [0.2, 0.25) is 0 Å². The minimum absolute atomic E-state index is 0.0749. The molecule has 4 nitrogen and oxygen atoms in total. The van der Waals surface area contributed by atoms with E-state index in [1.807, 2.05) is 0 Å². The molecule has 0 spiro atoms. The molecule has 0 rings (SSSR count). The normalized spacial score (nSPS) is 13.1. The Balaban J connectivity index is 4.15. The van der Waals surface area contributed by atoms with Gasteiger partial charge in [-0.2, -0.15) is 8.42 Å². The zero-order valence-electron chi connectivity index (χ0n) is 5.61. The largest absolute Gasteiger partial charge is 0.282 e. The van der Waals surface area contributed by atoms with Gasteiger partial charge in [0.05, 0.1) is 6.61 Å². The first kappa shape index (κ1) is 9.88. The van der Waals surface area contributed by atoms with Crippen LogP contribution in [0.1, 0.15) is 6.92 Å². The lowest BCUT2D eigenvalue weighted by atomic mass is 10.9. The smallest absolute Gasteiger partial charge is 0.278 e. The van der Waals surface area contributed by atoms with Crippen molar-refractivity contribution in [2.24, 2.45) is 0 Å². The molecule has 0 bridgehead atoms. The Labute approximate surface area is 60.7 Å². The van der Waals surface area contributed by atoms with Gasteiger partial charge in [0.2, 0.25) is 0 Å². The van der Waals surface area contributed by atoms with Gasteiger partial charge in [-0.15, -0.1) is 0 Å². The zero-order chi connectivity index (χ0) is 8.20. The molecule has 0 aliphatic rings. The lowest BCUT2D eigenvalue weighted by Gasteiger charge is -1.96. The highest BCUT2D eigenvalue weighted by Crippen LogP contribution is 2.08. The van der Waals surface area contributed by atoms with Gasteiger partial charge in [-0.25, -0.2) is 0 Å².